The summed E-state index contributed by atoms with van der Waals surface area (Å²) in [6.45, 7) is 1.86. The van der Waals surface area contributed by atoms with Crippen LogP contribution in [-0.4, -0.2) is 19.9 Å². The lowest BCUT2D eigenvalue weighted by Crippen LogP contribution is -1.89. The minimum atomic E-state index is 0.826. The van der Waals surface area contributed by atoms with Crippen LogP contribution in [0.25, 0.3) is 79.8 Å². The van der Waals surface area contributed by atoms with Crippen LogP contribution in [0, 0.1) is 11.8 Å². The molecule has 0 atom stereocenters. The normalized spacial score (nSPS) is 11.8. The lowest BCUT2D eigenvalue weighted by Gasteiger charge is -2.06. The van der Waals surface area contributed by atoms with Gasteiger partial charge in [0, 0.05) is 33.2 Å². The summed E-state index contributed by atoms with van der Waals surface area (Å²) in [5.41, 5.74) is 14.5. The maximum Gasteiger partial charge on any atom is 0.0815 e. The van der Waals surface area contributed by atoms with Crippen LogP contribution in [0.4, 0.5) is 0 Å². The summed E-state index contributed by atoms with van der Waals surface area (Å²) >= 11 is 0. The summed E-state index contributed by atoms with van der Waals surface area (Å²) in [6, 6.07) is 39.8. The summed E-state index contributed by atoms with van der Waals surface area (Å²) in [4.78, 5) is 17.9. The van der Waals surface area contributed by atoms with Gasteiger partial charge in [-0.3, -0.25) is 0 Å². The zero-order chi connectivity index (χ0) is 30.2. The lowest BCUT2D eigenvalue weighted by molar-refractivity contribution is 1.30. The number of rotatable bonds is 3. The summed E-state index contributed by atoms with van der Waals surface area (Å²) in [5.74, 6) is 6.45. The van der Waals surface area contributed by atoms with Crippen molar-refractivity contribution in [2.75, 3.05) is 0 Å². The van der Waals surface area contributed by atoms with E-state index in [0.717, 1.165) is 83.8 Å². The molecule has 5 heterocycles. The van der Waals surface area contributed by atoms with Crippen LogP contribution in [0.15, 0.2) is 115 Å². The topological polar surface area (TPSA) is 57.4 Å². The second-order valence-corrected chi connectivity index (χ2v) is 11.0. The molecule has 0 radical (unpaired) electrons. The largest absolute Gasteiger partial charge is 0.354 e. The Labute approximate surface area is 261 Å². The predicted molar refractivity (Wildman–Crippen MR) is 188 cm³/mol. The number of aromatic amines is 2. The fourth-order valence-electron chi connectivity index (χ4n) is 6.19. The molecule has 2 aliphatic rings. The van der Waals surface area contributed by atoms with Gasteiger partial charge in [-0.05, 0) is 72.2 Å². The highest BCUT2D eigenvalue weighted by Crippen LogP contribution is 2.36. The van der Waals surface area contributed by atoms with Crippen LogP contribution in [0.2, 0.25) is 0 Å². The third-order valence-corrected chi connectivity index (χ3v) is 8.19. The van der Waals surface area contributed by atoms with Crippen molar-refractivity contribution in [3.8, 4) is 45.2 Å². The van der Waals surface area contributed by atoms with E-state index in [9.17, 15) is 0 Å². The maximum absolute atomic E-state index is 5.30. The van der Waals surface area contributed by atoms with Gasteiger partial charge in [-0.2, -0.15) is 0 Å². The van der Waals surface area contributed by atoms with Gasteiger partial charge in [-0.15, -0.1) is 5.92 Å². The van der Waals surface area contributed by atoms with Crippen molar-refractivity contribution < 1.29 is 0 Å². The number of nitrogens with one attached hydrogen (secondary N) is 2. The first-order valence-corrected chi connectivity index (χ1v) is 15.0. The fraction of sp³-hybridized carbons (Fsp3) is 0.0244. The van der Waals surface area contributed by atoms with Gasteiger partial charge in [-0.25, -0.2) is 9.97 Å². The monoisotopic (exact) mass is 576 g/mol. The average Bonchev–Trinajstić information content (AvgIpc) is 3.92. The Kier molecular flexibility index (Phi) is 6.55. The van der Waals surface area contributed by atoms with Gasteiger partial charge in [-0.1, -0.05) is 96.9 Å². The molecule has 8 bridgehead atoms. The van der Waals surface area contributed by atoms with E-state index in [0.29, 0.717) is 0 Å². The van der Waals surface area contributed by atoms with Crippen LogP contribution in [0.5, 0.6) is 0 Å². The van der Waals surface area contributed by atoms with Gasteiger partial charge >= 0.3 is 0 Å². The van der Waals surface area contributed by atoms with Crippen LogP contribution < -0.4 is 0 Å². The van der Waals surface area contributed by atoms with Crippen molar-refractivity contribution in [3.63, 3.8) is 0 Å². The van der Waals surface area contributed by atoms with Crippen molar-refractivity contribution in [2.24, 2.45) is 0 Å². The van der Waals surface area contributed by atoms with Crippen molar-refractivity contribution in [3.05, 3.63) is 144 Å². The number of fused-ring (bicyclic) bond motifs is 8. The minimum Gasteiger partial charge on any atom is -0.354 e. The van der Waals surface area contributed by atoms with Crippen molar-refractivity contribution >= 4 is 46.4 Å². The first-order chi connectivity index (χ1) is 22.3. The molecule has 212 valence electrons. The zero-order valence-electron chi connectivity index (χ0n) is 24.7. The second kappa shape index (κ2) is 11.1. The highest BCUT2D eigenvalue weighted by atomic mass is 14.8. The van der Waals surface area contributed by atoms with Gasteiger partial charge in [0.25, 0.3) is 0 Å². The summed E-state index contributed by atoms with van der Waals surface area (Å²) < 4.78 is 0. The van der Waals surface area contributed by atoms with E-state index < -0.39 is 0 Å². The Bertz CT molecular complexity index is 2330. The molecule has 2 aliphatic heterocycles. The Morgan fingerprint density at radius 2 is 0.778 bits per heavy atom. The van der Waals surface area contributed by atoms with E-state index in [-0.39, 0.29) is 0 Å². The highest BCUT2D eigenvalue weighted by Gasteiger charge is 2.17. The van der Waals surface area contributed by atoms with E-state index in [4.69, 9.17) is 9.97 Å². The van der Waals surface area contributed by atoms with Crippen molar-refractivity contribution in [1.29, 1.82) is 0 Å². The molecule has 0 spiro atoms. The molecule has 0 unspecified atom stereocenters. The quantitative estimate of drug-likeness (QED) is 0.206. The Morgan fingerprint density at radius 1 is 0.422 bits per heavy atom. The van der Waals surface area contributed by atoms with Crippen LogP contribution >= 0.6 is 0 Å². The second-order valence-electron chi connectivity index (χ2n) is 11.0. The van der Waals surface area contributed by atoms with Crippen molar-refractivity contribution in [2.45, 2.75) is 6.92 Å². The summed E-state index contributed by atoms with van der Waals surface area (Å²) in [6.07, 6.45) is 8.39. The van der Waals surface area contributed by atoms with Gasteiger partial charge in [0.15, 0.2) is 0 Å². The number of hydrogen-bond donors (Lipinski definition) is 2. The van der Waals surface area contributed by atoms with Gasteiger partial charge in [0.05, 0.1) is 33.9 Å². The minimum absolute atomic E-state index is 0.826. The Balaban J connectivity index is 1.58. The molecule has 0 aliphatic carbocycles. The molecule has 4 nitrogen and oxygen atoms in total. The van der Waals surface area contributed by atoms with E-state index in [2.05, 4.69) is 143 Å². The molecular weight excluding hydrogens is 548 g/mol. The fourth-order valence-corrected chi connectivity index (χ4v) is 6.19. The molecule has 8 rings (SSSR count). The number of hydrogen-bond acceptors (Lipinski definition) is 2. The molecule has 45 heavy (non-hydrogen) atoms. The van der Waals surface area contributed by atoms with E-state index in [1.165, 1.54) is 0 Å². The standard InChI is InChI=1S/C41H28N4/c1-2-12-30-31-19-21-33(42-31)39(27-13-6-3-7-14-27)35-23-25-37(44-35)41(29-17-10-5-11-18-29)38-26-24-36(45-38)40(28-15-8-4-9-16-28)34-22-20-32(30)43-34/h3-11,13-26,42,45H,1H3. The number of nitrogens with zero attached hydrogens (tertiary/aromatic N) is 2. The highest BCUT2D eigenvalue weighted by molar-refractivity contribution is 5.98. The molecule has 4 heteroatoms. The zero-order valence-corrected chi connectivity index (χ0v) is 24.7. The molecule has 6 aromatic rings. The third-order valence-electron chi connectivity index (χ3n) is 8.19. The number of H-pyrrole nitrogens is 2. The van der Waals surface area contributed by atoms with E-state index in [1.807, 2.05) is 25.1 Å². The SMILES string of the molecule is CC#Cc1c2nc(c(-c3ccccc3)c3ccc([nH]3)c(-c3ccccc3)c3nc(c(-c4ccccc4)c4ccc1[nH]4)C=C3)C=C2. The molecule has 3 aromatic heterocycles. The van der Waals surface area contributed by atoms with Gasteiger partial charge < -0.3 is 9.97 Å². The Hall–Kier alpha value is -6.18. The van der Waals surface area contributed by atoms with Gasteiger partial charge in [0.1, 0.15) is 0 Å². The predicted octanol–water partition coefficient (Wildman–Crippen LogP) is 10.0. The van der Waals surface area contributed by atoms with E-state index in [1.54, 1.807) is 0 Å². The van der Waals surface area contributed by atoms with E-state index >= 15 is 0 Å². The molecule has 0 amide bonds. The first kappa shape index (κ1) is 26.4. The molecular formula is C41H28N4. The molecule has 2 N–H and O–H groups in total. The molecule has 0 saturated heterocycles. The molecule has 0 fully saturated rings. The Morgan fingerprint density at radius 3 is 1.20 bits per heavy atom. The number of benzene rings is 3. The van der Waals surface area contributed by atoms with Crippen LogP contribution in [0.3, 0.4) is 0 Å². The lowest BCUT2D eigenvalue weighted by atomic mass is 10.0. The maximum atomic E-state index is 5.30. The van der Waals surface area contributed by atoms with Crippen LogP contribution in [-0.2, 0) is 0 Å². The third kappa shape index (κ3) is 4.77. The van der Waals surface area contributed by atoms with Crippen LogP contribution in [0.1, 0.15) is 35.3 Å². The molecule has 3 aromatic carbocycles. The summed E-state index contributed by atoms with van der Waals surface area (Å²) in [5, 5.41) is 0. The molecule has 0 saturated carbocycles. The summed E-state index contributed by atoms with van der Waals surface area (Å²) in [7, 11) is 0. The first-order valence-electron chi connectivity index (χ1n) is 15.0. The van der Waals surface area contributed by atoms with Crippen molar-refractivity contribution in [1.82, 2.24) is 19.9 Å². The van der Waals surface area contributed by atoms with Gasteiger partial charge in [0.2, 0.25) is 0 Å². The number of aromatic nitrogens is 4. The average molecular weight is 577 g/mol. The smallest absolute Gasteiger partial charge is 0.0815 e.